The van der Waals surface area contributed by atoms with Crippen LogP contribution < -0.4 is 4.74 Å². The Morgan fingerprint density at radius 1 is 1.20 bits per heavy atom. The lowest BCUT2D eigenvalue weighted by Crippen LogP contribution is -2.38. The Hall–Kier alpha value is -2.07. The molecular formula is C15H16F3N3O3S. The van der Waals surface area contributed by atoms with E-state index in [4.69, 9.17) is 0 Å². The van der Waals surface area contributed by atoms with Crippen LogP contribution in [0.3, 0.4) is 0 Å². The maximum absolute atomic E-state index is 12.9. The van der Waals surface area contributed by atoms with Gasteiger partial charge in [0.15, 0.2) is 0 Å². The molecule has 0 amide bonds. The summed E-state index contributed by atoms with van der Waals surface area (Å²) in [6.45, 7) is 0.328. The lowest BCUT2D eigenvalue weighted by atomic mass is 10.0. The number of nitrogens with one attached hydrogen (secondary N) is 1. The van der Waals surface area contributed by atoms with Gasteiger partial charge in [-0.05, 0) is 37.1 Å². The summed E-state index contributed by atoms with van der Waals surface area (Å²) in [4.78, 5) is 7.00. The number of halogens is 3. The van der Waals surface area contributed by atoms with E-state index in [0.29, 0.717) is 25.2 Å². The van der Waals surface area contributed by atoms with Gasteiger partial charge < -0.3 is 9.72 Å². The summed E-state index contributed by atoms with van der Waals surface area (Å²) < 4.78 is 67.6. The van der Waals surface area contributed by atoms with E-state index in [1.54, 1.807) is 12.4 Å². The van der Waals surface area contributed by atoms with Crippen LogP contribution in [0.5, 0.6) is 5.75 Å². The van der Waals surface area contributed by atoms with E-state index >= 15 is 0 Å². The van der Waals surface area contributed by atoms with Crippen molar-refractivity contribution in [3.8, 4) is 5.75 Å². The van der Waals surface area contributed by atoms with Gasteiger partial charge in [0.25, 0.3) is 0 Å². The van der Waals surface area contributed by atoms with E-state index in [0.717, 1.165) is 30.7 Å². The highest BCUT2D eigenvalue weighted by Crippen LogP contribution is 2.34. The van der Waals surface area contributed by atoms with Crippen molar-refractivity contribution in [1.29, 1.82) is 0 Å². The molecule has 10 heteroatoms. The van der Waals surface area contributed by atoms with Gasteiger partial charge in [-0.25, -0.2) is 13.4 Å². The maximum atomic E-state index is 12.9. The first-order chi connectivity index (χ1) is 11.8. The van der Waals surface area contributed by atoms with Crippen molar-refractivity contribution >= 4 is 10.0 Å². The minimum absolute atomic E-state index is 0.0829. The number of rotatable bonds is 4. The second-order valence-electron chi connectivity index (χ2n) is 5.62. The van der Waals surface area contributed by atoms with E-state index in [1.807, 2.05) is 0 Å². The van der Waals surface area contributed by atoms with Crippen LogP contribution in [0.1, 0.15) is 31.1 Å². The molecule has 2 heterocycles. The second kappa shape index (κ2) is 6.68. The summed E-state index contributed by atoms with van der Waals surface area (Å²) in [7, 11) is -3.86. The van der Waals surface area contributed by atoms with Crippen LogP contribution in [-0.2, 0) is 10.0 Å². The van der Waals surface area contributed by atoms with Crippen LogP contribution in [0.15, 0.2) is 41.6 Å². The average molecular weight is 375 g/mol. The second-order valence-corrected chi connectivity index (χ2v) is 7.51. The average Bonchev–Trinajstić information content (AvgIpc) is 3.08. The number of nitrogens with zero attached hydrogens (tertiary/aromatic N) is 2. The number of imidazole rings is 1. The first kappa shape index (κ1) is 17.7. The zero-order valence-corrected chi connectivity index (χ0v) is 13.8. The van der Waals surface area contributed by atoms with E-state index < -0.39 is 28.2 Å². The molecule has 1 saturated heterocycles. The van der Waals surface area contributed by atoms with E-state index in [1.165, 1.54) is 4.31 Å². The van der Waals surface area contributed by atoms with Crippen molar-refractivity contribution in [3.63, 3.8) is 0 Å². The highest BCUT2D eigenvalue weighted by molar-refractivity contribution is 7.89. The Labute approximate surface area is 142 Å². The molecule has 1 aromatic heterocycles. The first-order valence-electron chi connectivity index (χ1n) is 7.64. The predicted molar refractivity (Wildman–Crippen MR) is 82.2 cm³/mol. The summed E-state index contributed by atoms with van der Waals surface area (Å²) in [5, 5.41) is 0. The Balaban J connectivity index is 1.87. The minimum atomic E-state index is -4.82. The van der Waals surface area contributed by atoms with Gasteiger partial charge in [-0.1, -0.05) is 6.42 Å². The first-order valence-corrected chi connectivity index (χ1v) is 9.08. The van der Waals surface area contributed by atoms with E-state index in [9.17, 15) is 21.6 Å². The number of aromatic nitrogens is 2. The molecule has 1 fully saturated rings. The third-order valence-corrected chi connectivity index (χ3v) is 5.87. The minimum Gasteiger partial charge on any atom is -0.406 e. The molecular weight excluding hydrogens is 359 g/mol. The van der Waals surface area contributed by atoms with Crippen LogP contribution in [0, 0.1) is 0 Å². The summed E-state index contributed by atoms with van der Waals surface area (Å²) in [6, 6.07) is 3.80. The lowest BCUT2D eigenvalue weighted by molar-refractivity contribution is -0.274. The molecule has 1 aliphatic rings. The number of aromatic amines is 1. The van der Waals surface area contributed by atoms with Crippen molar-refractivity contribution in [2.75, 3.05) is 6.54 Å². The Bertz CT molecular complexity index is 805. The van der Waals surface area contributed by atoms with Crippen LogP contribution in [0.4, 0.5) is 13.2 Å². The molecule has 1 unspecified atom stereocenters. The van der Waals surface area contributed by atoms with Gasteiger partial charge in [0.1, 0.15) is 11.6 Å². The van der Waals surface area contributed by atoms with Gasteiger partial charge in [0.05, 0.1) is 10.9 Å². The number of hydrogen-bond acceptors (Lipinski definition) is 4. The third kappa shape index (κ3) is 3.96. The van der Waals surface area contributed by atoms with Crippen LogP contribution in [-0.4, -0.2) is 35.6 Å². The molecule has 0 spiro atoms. The van der Waals surface area contributed by atoms with Crippen LogP contribution in [0.25, 0.3) is 0 Å². The maximum Gasteiger partial charge on any atom is 0.573 e. The van der Waals surface area contributed by atoms with Gasteiger partial charge >= 0.3 is 6.36 Å². The summed E-state index contributed by atoms with van der Waals surface area (Å²) >= 11 is 0. The molecule has 0 radical (unpaired) electrons. The van der Waals surface area contributed by atoms with Gasteiger partial charge in [0, 0.05) is 18.9 Å². The molecule has 1 aromatic carbocycles. The number of piperidine rings is 1. The smallest absolute Gasteiger partial charge is 0.406 e. The molecule has 1 N–H and O–H groups in total. The number of ether oxygens (including phenoxy) is 1. The lowest BCUT2D eigenvalue weighted by Gasteiger charge is -2.33. The molecule has 1 aliphatic heterocycles. The number of hydrogen-bond donors (Lipinski definition) is 1. The van der Waals surface area contributed by atoms with Crippen molar-refractivity contribution in [2.24, 2.45) is 0 Å². The standard InChI is InChI=1S/C15H16F3N3O3S/c16-15(17,18)24-11-4-6-12(7-5-11)25(22,23)21-10-2-1-3-13(21)14-19-8-9-20-14/h4-9,13H,1-3,10H2,(H,19,20). The molecule has 0 saturated carbocycles. The molecule has 25 heavy (non-hydrogen) atoms. The van der Waals surface area contributed by atoms with Crippen LogP contribution >= 0.6 is 0 Å². The van der Waals surface area contributed by atoms with Gasteiger partial charge in [-0.3, -0.25) is 0 Å². The van der Waals surface area contributed by atoms with Gasteiger partial charge in [-0.2, -0.15) is 4.31 Å². The Kier molecular flexibility index (Phi) is 4.74. The molecule has 136 valence electrons. The predicted octanol–water partition coefficient (Wildman–Crippen LogP) is 3.22. The highest BCUT2D eigenvalue weighted by atomic mass is 32.2. The fourth-order valence-electron chi connectivity index (χ4n) is 2.87. The van der Waals surface area contributed by atoms with Gasteiger partial charge in [0.2, 0.25) is 10.0 Å². The summed E-state index contributed by atoms with van der Waals surface area (Å²) in [6.07, 6.45) is 0.567. The SMILES string of the molecule is O=S(=O)(c1ccc(OC(F)(F)F)cc1)N1CCCCC1c1ncc[nH]1. The van der Waals surface area contributed by atoms with Crippen molar-refractivity contribution in [1.82, 2.24) is 14.3 Å². The zero-order valence-electron chi connectivity index (χ0n) is 13.0. The zero-order chi connectivity index (χ0) is 18.1. The number of alkyl halides is 3. The normalized spacial score (nSPS) is 19.7. The quantitative estimate of drug-likeness (QED) is 0.890. The molecule has 0 aliphatic carbocycles. The number of benzene rings is 1. The molecule has 3 rings (SSSR count). The number of H-pyrrole nitrogens is 1. The van der Waals surface area contributed by atoms with Crippen molar-refractivity contribution in [3.05, 3.63) is 42.5 Å². The number of sulfonamides is 1. The highest BCUT2D eigenvalue weighted by Gasteiger charge is 2.36. The summed E-state index contributed by atoms with van der Waals surface area (Å²) in [5.74, 6) is 0.0907. The molecule has 2 aromatic rings. The molecule has 1 atom stereocenters. The molecule has 6 nitrogen and oxygen atoms in total. The van der Waals surface area contributed by atoms with E-state index in [2.05, 4.69) is 14.7 Å². The fraction of sp³-hybridized carbons (Fsp3) is 0.400. The Morgan fingerprint density at radius 2 is 1.92 bits per heavy atom. The van der Waals surface area contributed by atoms with Crippen molar-refractivity contribution < 1.29 is 26.3 Å². The monoisotopic (exact) mass is 375 g/mol. The van der Waals surface area contributed by atoms with E-state index in [-0.39, 0.29) is 4.90 Å². The van der Waals surface area contributed by atoms with Crippen molar-refractivity contribution in [2.45, 2.75) is 36.6 Å². The topological polar surface area (TPSA) is 75.3 Å². The Morgan fingerprint density at radius 3 is 2.52 bits per heavy atom. The largest absolute Gasteiger partial charge is 0.573 e. The van der Waals surface area contributed by atoms with Gasteiger partial charge in [-0.15, -0.1) is 13.2 Å². The third-order valence-electron chi connectivity index (χ3n) is 3.95. The fourth-order valence-corrected chi connectivity index (χ4v) is 4.53. The van der Waals surface area contributed by atoms with Crippen LogP contribution in [0.2, 0.25) is 0 Å². The summed E-state index contributed by atoms with van der Waals surface area (Å²) in [5.41, 5.74) is 0. The molecule has 0 bridgehead atoms.